The molecule has 38 heavy (non-hydrogen) atoms. The Hall–Kier alpha value is -4.81. The molecule has 1 saturated heterocycles. The molecule has 1 aliphatic heterocycles. The average molecular weight is 531 g/mol. The van der Waals surface area contributed by atoms with Gasteiger partial charge in [0.2, 0.25) is 5.91 Å². The fourth-order valence-electron chi connectivity index (χ4n) is 3.82. The highest BCUT2D eigenvalue weighted by Gasteiger charge is 2.35. The van der Waals surface area contributed by atoms with Crippen molar-refractivity contribution in [3.8, 4) is 17.6 Å². The van der Waals surface area contributed by atoms with E-state index in [1.54, 1.807) is 54.6 Å². The molecule has 0 bridgehead atoms. The summed E-state index contributed by atoms with van der Waals surface area (Å²) in [5.74, 6) is -0.604. The van der Waals surface area contributed by atoms with Crippen LogP contribution in [0.25, 0.3) is 6.08 Å². The molecule has 192 valence electrons. The van der Waals surface area contributed by atoms with Gasteiger partial charge in [-0.05, 0) is 54.5 Å². The van der Waals surface area contributed by atoms with Crippen molar-refractivity contribution in [1.82, 2.24) is 10.2 Å². The van der Waals surface area contributed by atoms with Crippen LogP contribution in [0.15, 0.2) is 66.4 Å². The minimum Gasteiger partial charge on any atom is -0.493 e. The van der Waals surface area contributed by atoms with Crippen LogP contribution in [0.1, 0.15) is 22.3 Å². The van der Waals surface area contributed by atoms with Crippen molar-refractivity contribution in [3.63, 3.8) is 0 Å². The second kappa shape index (κ2) is 11.5. The average Bonchev–Trinajstić information content (AvgIpc) is 3.15. The van der Waals surface area contributed by atoms with Gasteiger partial charge in [0, 0.05) is 11.3 Å². The summed E-state index contributed by atoms with van der Waals surface area (Å²) in [6.07, 6.45) is 1.43. The third-order valence-electron chi connectivity index (χ3n) is 5.64. The molecule has 0 atom stereocenters. The third kappa shape index (κ3) is 5.94. The van der Waals surface area contributed by atoms with Crippen LogP contribution in [-0.2, 0) is 16.2 Å². The maximum Gasteiger partial charge on any atom is 0.329 e. The molecule has 3 aromatic rings. The second-order valence-corrected chi connectivity index (χ2v) is 8.80. The molecule has 2 N–H and O–H groups in total. The second-order valence-electron chi connectivity index (χ2n) is 8.39. The predicted molar refractivity (Wildman–Crippen MR) is 142 cm³/mol. The maximum absolute atomic E-state index is 12.9. The smallest absolute Gasteiger partial charge is 0.329 e. The highest BCUT2D eigenvalue weighted by atomic mass is 35.5. The molecule has 0 spiro atoms. The summed E-state index contributed by atoms with van der Waals surface area (Å²) in [7, 11) is 1.44. The van der Waals surface area contributed by atoms with E-state index >= 15 is 0 Å². The summed E-state index contributed by atoms with van der Waals surface area (Å²) in [6, 6.07) is 18.8. The van der Waals surface area contributed by atoms with Crippen molar-refractivity contribution >= 4 is 41.2 Å². The zero-order valence-electron chi connectivity index (χ0n) is 20.6. The molecular weight excluding hydrogens is 508 g/mol. The van der Waals surface area contributed by atoms with Crippen LogP contribution in [0, 0.1) is 18.3 Å². The van der Waals surface area contributed by atoms with Gasteiger partial charge in [-0.1, -0.05) is 41.9 Å². The molecule has 3 aromatic carbocycles. The number of urea groups is 1. The number of hydrogen-bond donors (Lipinski definition) is 2. The first-order valence-corrected chi connectivity index (χ1v) is 11.9. The molecule has 0 aromatic heterocycles. The number of anilines is 1. The van der Waals surface area contributed by atoms with Gasteiger partial charge in [0.1, 0.15) is 18.8 Å². The van der Waals surface area contributed by atoms with Gasteiger partial charge in [-0.2, -0.15) is 5.26 Å². The minimum absolute atomic E-state index is 0.0203. The number of amides is 4. The van der Waals surface area contributed by atoms with Crippen LogP contribution in [0.3, 0.4) is 0 Å². The van der Waals surface area contributed by atoms with Gasteiger partial charge in [-0.15, -0.1) is 0 Å². The van der Waals surface area contributed by atoms with Crippen LogP contribution in [0.5, 0.6) is 11.5 Å². The van der Waals surface area contributed by atoms with Crippen molar-refractivity contribution in [2.45, 2.75) is 13.5 Å². The highest BCUT2D eigenvalue weighted by Crippen LogP contribution is 2.38. The summed E-state index contributed by atoms with van der Waals surface area (Å²) >= 11 is 6.45. The number of nitrogens with zero attached hydrogens (tertiary/aromatic N) is 2. The summed E-state index contributed by atoms with van der Waals surface area (Å²) in [5, 5.41) is 14.6. The van der Waals surface area contributed by atoms with Gasteiger partial charge in [0.25, 0.3) is 5.91 Å². The van der Waals surface area contributed by atoms with E-state index < -0.39 is 24.4 Å². The standard InChI is InChI=1S/C28H23ClN4O5/c1-17-6-5-9-21(10-17)31-25(34)15-33-27(35)23(32-28(33)36)12-18-11-22(29)26(24(13-18)37-2)38-16-20-8-4-3-7-19(20)14-30/h3-13H,15-16H2,1-2H3,(H,31,34)(H,32,36)/b23-12+. The Bertz CT molecular complexity index is 1490. The molecule has 0 aliphatic carbocycles. The maximum atomic E-state index is 12.9. The van der Waals surface area contributed by atoms with E-state index in [1.165, 1.54) is 13.2 Å². The molecule has 1 heterocycles. The quantitative estimate of drug-likeness (QED) is 0.323. The van der Waals surface area contributed by atoms with Gasteiger partial charge in [0.15, 0.2) is 11.5 Å². The monoisotopic (exact) mass is 530 g/mol. The third-order valence-corrected chi connectivity index (χ3v) is 5.92. The summed E-state index contributed by atoms with van der Waals surface area (Å²) in [5.41, 5.74) is 3.14. The SMILES string of the molecule is COc1cc(/C=C2/NC(=O)N(CC(=O)Nc3cccc(C)c3)C2=O)cc(Cl)c1OCc1ccccc1C#N. The van der Waals surface area contributed by atoms with E-state index in [-0.39, 0.29) is 23.1 Å². The van der Waals surface area contributed by atoms with Gasteiger partial charge >= 0.3 is 6.03 Å². The number of methoxy groups -OCH3 is 1. The van der Waals surface area contributed by atoms with Crippen LogP contribution in [0.2, 0.25) is 5.02 Å². The van der Waals surface area contributed by atoms with E-state index in [0.29, 0.717) is 28.1 Å². The lowest BCUT2D eigenvalue weighted by Crippen LogP contribution is -2.38. The van der Waals surface area contributed by atoms with Crippen LogP contribution in [0.4, 0.5) is 10.5 Å². The van der Waals surface area contributed by atoms with Gasteiger partial charge < -0.3 is 20.1 Å². The predicted octanol–water partition coefficient (Wildman–Crippen LogP) is 4.64. The Morgan fingerprint density at radius 3 is 2.68 bits per heavy atom. The Balaban J connectivity index is 1.48. The minimum atomic E-state index is -0.713. The first kappa shape index (κ1) is 26.3. The Kier molecular flexibility index (Phi) is 7.94. The van der Waals surface area contributed by atoms with Crippen molar-refractivity contribution < 1.29 is 23.9 Å². The summed E-state index contributed by atoms with van der Waals surface area (Å²) in [4.78, 5) is 38.5. The van der Waals surface area contributed by atoms with Crippen molar-refractivity contribution in [2.24, 2.45) is 0 Å². The number of aryl methyl sites for hydroxylation is 1. The molecule has 1 fully saturated rings. The normalized spacial score (nSPS) is 13.7. The number of halogens is 1. The molecule has 10 heteroatoms. The number of carbonyl (C=O) groups is 3. The lowest BCUT2D eigenvalue weighted by molar-refractivity contribution is -0.127. The Morgan fingerprint density at radius 1 is 1.16 bits per heavy atom. The number of hydrogen-bond acceptors (Lipinski definition) is 6. The Morgan fingerprint density at radius 2 is 1.95 bits per heavy atom. The largest absolute Gasteiger partial charge is 0.493 e. The molecule has 0 unspecified atom stereocenters. The van der Waals surface area contributed by atoms with E-state index in [2.05, 4.69) is 16.7 Å². The fourth-order valence-corrected chi connectivity index (χ4v) is 4.09. The van der Waals surface area contributed by atoms with E-state index in [0.717, 1.165) is 10.5 Å². The van der Waals surface area contributed by atoms with Crippen molar-refractivity contribution in [3.05, 3.63) is 93.6 Å². The molecule has 1 aliphatic rings. The van der Waals surface area contributed by atoms with E-state index in [9.17, 15) is 19.6 Å². The highest BCUT2D eigenvalue weighted by molar-refractivity contribution is 6.32. The van der Waals surface area contributed by atoms with Gasteiger partial charge in [0.05, 0.1) is 23.8 Å². The number of nitriles is 1. The topological polar surface area (TPSA) is 121 Å². The van der Waals surface area contributed by atoms with Crippen LogP contribution >= 0.6 is 11.6 Å². The Labute approximate surface area is 224 Å². The lowest BCUT2D eigenvalue weighted by Gasteiger charge is -2.14. The molecule has 9 nitrogen and oxygen atoms in total. The molecular formula is C28H23ClN4O5. The van der Waals surface area contributed by atoms with Gasteiger partial charge in [-0.25, -0.2) is 9.69 Å². The fraction of sp³-hybridized carbons (Fsp3) is 0.143. The zero-order chi connectivity index (χ0) is 27.2. The number of nitrogens with one attached hydrogen (secondary N) is 2. The first-order valence-electron chi connectivity index (χ1n) is 11.5. The molecule has 4 amide bonds. The lowest BCUT2D eigenvalue weighted by atomic mass is 10.1. The zero-order valence-corrected chi connectivity index (χ0v) is 21.3. The van der Waals surface area contributed by atoms with Crippen LogP contribution < -0.4 is 20.1 Å². The van der Waals surface area contributed by atoms with Crippen molar-refractivity contribution in [1.29, 1.82) is 5.26 Å². The number of benzene rings is 3. The van der Waals surface area contributed by atoms with E-state index in [1.807, 2.05) is 13.0 Å². The molecule has 0 saturated carbocycles. The van der Waals surface area contributed by atoms with E-state index in [4.69, 9.17) is 21.1 Å². The summed E-state index contributed by atoms with van der Waals surface area (Å²) < 4.78 is 11.3. The first-order chi connectivity index (χ1) is 18.3. The molecule has 0 radical (unpaired) electrons. The number of rotatable bonds is 8. The number of carbonyl (C=O) groups excluding carboxylic acids is 3. The molecule has 4 rings (SSSR count). The summed E-state index contributed by atoms with van der Waals surface area (Å²) in [6.45, 7) is 1.53. The van der Waals surface area contributed by atoms with Gasteiger partial charge in [-0.3, -0.25) is 9.59 Å². The number of imide groups is 1. The van der Waals surface area contributed by atoms with Crippen LogP contribution in [-0.4, -0.2) is 36.4 Å². The number of ether oxygens (including phenoxy) is 2. The van der Waals surface area contributed by atoms with Crippen molar-refractivity contribution in [2.75, 3.05) is 19.0 Å².